The summed E-state index contributed by atoms with van der Waals surface area (Å²) < 4.78 is 0. The summed E-state index contributed by atoms with van der Waals surface area (Å²) in [6.45, 7) is 8.49. The lowest BCUT2D eigenvalue weighted by Gasteiger charge is -2.22. The molecule has 5 nitrogen and oxygen atoms in total. The average Bonchev–Trinajstić information content (AvgIpc) is 2.64. The molecule has 1 unspecified atom stereocenters. The van der Waals surface area contributed by atoms with Crippen LogP contribution < -0.4 is 10.7 Å². The third-order valence-electron chi connectivity index (χ3n) is 4.53. The zero-order valence-corrected chi connectivity index (χ0v) is 15.5. The van der Waals surface area contributed by atoms with E-state index >= 15 is 0 Å². The lowest BCUT2D eigenvalue weighted by Crippen LogP contribution is -2.26. The lowest BCUT2D eigenvalue weighted by atomic mass is 9.85. The van der Waals surface area contributed by atoms with E-state index in [2.05, 4.69) is 28.5 Å². The van der Waals surface area contributed by atoms with E-state index in [4.69, 9.17) is 0 Å². The van der Waals surface area contributed by atoms with Crippen LogP contribution in [0.2, 0.25) is 0 Å². The Morgan fingerprint density at radius 3 is 2.58 bits per heavy atom. The minimum atomic E-state index is -0.252. The van der Waals surface area contributed by atoms with Crippen LogP contribution in [0.5, 0.6) is 0 Å². The Labute approximate surface area is 155 Å². The average molecular weight is 353 g/mol. The molecule has 1 atom stereocenters. The van der Waals surface area contributed by atoms with E-state index in [0.29, 0.717) is 12.5 Å². The SMILES string of the molecule is C=C(C)C1CC=C(C)/C(=N\NC(=O)CCC(=O)NCc2ccccc2)C1. The Morgan fingerprint density at radius 2 is 1.88 bits per heavy atom. The summed E-state index contributed by atoms with van der Waals surface area (Å²) >= 11 is 0. The van der Waals surface area contributed by atoms with Crippen molar-refractivity contribution in [3.8, 4) is 0 Å². The van der Waals surface area contributed by atoms with Gasteiger partial charge in [0.25, 0.3) is 0 Å². The maximum Gasteiger partial charge on any atom is 0.240 e. The van der Waals surface area contributed by atoms with Gasteiger partial charge in [-0.25, -0.2) is 5.43 Å². The van der Waals surface area contributed by atoms with Crippen molar-refractivity contribution in [2.75, 3.05) is 0 Å². The molecule has 138 valence electrons. The molecular formula is C21H27N3O2. The van der Waals surface area contributed by atoms with E-state index in [9.17, 15) is 9.59 Å². The highest BCUT2D eigenvalue weighted by atomic mass is 16.2. The van der Waals surface area contributed by atoms with Crippen molar-refractivity contribution < 1.29 is 9.59 Å². The Hall–Kier alpha value is -2.69. The zero-order valence-electron chi connectivity index (χ0n) is 15.5. The molecule has 1 aromatic carbocycles. The number of nitrogens with zero attached hydrogens (tertiary/aromatic N) is 1. The van der Waals surface area contributed by atoms with Crippen LogP contribution in [-0.4, -0.2) is 17.5 Å². The topological polar surface area (TPSA) is 70.6 Å². The molecule has 1 aromatic rings. The molecule has 26 heavy (non-hydrogen) atoms. The molecule has 2 N–H and O–H groups in total. The van der Waals surface area contributed by atoms with Gasteiger partial charge >= 0.3 is 0 Å². The Bertz CT molecular complexity index is 720. The minimum Gasteiger partial charge on any atom is -0.352 e. The number of amides is 2. The zero-order chi connectivity index (χ0) is 18.9. The fourth-order valence-corrected chi connectivity index (χ4v) is 2.72. The summed E-state index contributed by atoms with van der Waals surface area (Å²) in [4.78, 5) is 23.8. The first-order valence-corrected chi connectivity index (χ1v) is 8.94. The fourth-order valence-electron chi connectivity index (χ4n) is 2.72. The number of nitrogens with one attached hydrogen (secondary N) is 2. The second-order valence-electron chi connectivity index (χ2n) is 6.73. The first kappa shape index (κ1) is 19.6. The summed E-state index contributed by atoms with van der Waals surface area (Å²) in [5, 5.41) is 7.06. The molecule has 0 saturated heterocycles. The summed E-state index contributed by atoms with van der Waals surface area (Å²) in [5.74, 6) is -0.0246. The second kappa shape index (κ2) is 9.70. The van der Waals surface area contributed by atoms with E-state index in [-0.39, 0.29) is 24.7 Å². The molecule has 2 amide bonds. The van der Waals surface area contributed by atoms with Crippen LogP contribution in [0.1, 0.15) is 45.1 Å². The monoisotopic (exact) mass is 353 g/mol. The highest BCUT2D eigenvalue weighted by Gasteiger charge is 2.18. The largest absolute Gasteiger partial charge is 0.352 e. The quantitative estimate of drug-likeness (QED) is 0.582. The van der Waals surface area contributed by atoms with Crippen LogP contribution in [0.3, 0.4) is 0 Å². The van der Waals surface area contributed by atoms with Crippen molar-refractivity contribution in [3.05, 3.63) is 59.7 Å². The molecule has 1 aliphatic carbocycles. The van der Waals surface area contributed by atoms with Crippen LogP contribution in [0.15, 0.2) is 59.2 Å². The number of hydrogen-bond donors (Lipinski definition) is 2. The summed E-state index contributed by atoms with van der Waals surface area (Å²) in [7, 11) is 0. The van der Waals surface area contributed by atoms with Gasteiger partial charge in [0.15, 0.2) is 0 Å². The van der Waals surface area contributed by atoms with Gasteiger partial charge in [0.1, 0.15) is 0 Å². The highest BCUT2D eigenvalue weighted by Crippen LogP contribution is 2.26. The van der Waals surface area contributed by atoms with Gasteiger partial charge in [-0.05, 0) is 43.7 Å². The third kappa shape index (κ3) is 6.31. The van der Waals surface area contributed by atoms with Crippen molar-refractivity contribution in [2.45, 2.75) is 46.1 Å². The number of rotatable bonds is 7. The van der Waals surface area contributed by atoms with E-state index in [1.807, 2.05) is 44.2 Å². The molecule has 0 spiro atoms. The Morgan fingerprint density at radius 1 is 1.19 bits per heavy atom. The van der Waals surface area contributed by atoms with Gasteiger partial charge in [0, 0.05) is 19.4 Å². The van der Waals surface area contributed by atoms with Gasteiger partial charge in [-0.2, -0.15) is 5.10 Å². The van der Waals surface area contributed by atoms with Crippen molar-refractivity contribution in [3.63, 3.8) is 0 Å². The number of benzene rings is 1. The standard InChI is InChI=1S/C21H27N3O2/c1-15(2)18-10-9-16(3)19(13-18)23-24-21(26)12-11-20(25)22-14-17-7-5-4-6-8-17/h4-9,18H,1,10-14H2,2-3H3,(H,22,25)(H,24,26)/b23-19-. The molecule has 0 aromatic heterocycles. The number of carbonyl (C=O) groups excluding carboxylic acids is 2. The van der Waals surface area contributed by atoms with Gasteiger partial charge in [0.2, 0.25) is 11.8 Å². The van der Waals surface area contributed by atoms with Gasteiger partial charge in [-0.15, -0.1) is 0 Å². The van der Waals surface area contributed by atoms with Crippen LogP contribution in [0.4, 0.5) is 0 Å². The van der Waals surface area contributed by atoms with E-state index in [1.54, 1.807) is 0 Å². The third-order valence-corrected chi connectivity index (χ3v) is 4.53. The van der Waals surface area contributed by atoms with Crippen molar-refractivity contribution >= 4 is 17.5 Å². The normalized spacial score (nSPS) is 18.2. The molecule has 0 heterocycles. The van der Waals surface area contributed by atoms with Gasteiger partial charge in [-0.3, -0.25) is 9.59 Å². The van der Waals surface area contributed by atoms with Gasteiger partial charge < -0.3 is 5.32 Å². The number of carbonyl (C=O) groups is 2. The first-order chi connectivity index (χ1) is 12.5. The molecule has 5 heteroatoms. The highest BCUT2D eigenvalue weighted by molar-refractivity contribution is 6.01. The van der Waals surface area contributed by atoms with E-state index in [1.165, 1.54) is 0 Å². The molecular weight excluding hydrogens is 326 g/mol. The van der Waals surface area contributed by atoms with Crippen molar-refractivity contribution in [1.29, 1.82) is 0 Å². The predicted molar refractivity (Wildman–Crippen MR) is 104 cm³/mol. The van der Waals surface area contributed by atoms with Crippen LogP contribution in [0.25, 0.3) is 0 Å². The number of hydrazone groups is 1. The van der Waals surface area contributed by atoms with E-state index < -0.39 is 0 Å². The fraction of sp³-hybridized carbons (Fsp3) is 0.381. The summed E-state index contributed by atoms with van der Waals surface area (Å²) in [6.07, 6.45) is 4.15. The van der Waals surface area contributed by atoms with Crippen molar-refractivity contribution in [2.24, 2.45) is 11.0 Å². The smallest absolute Gasteiger partial charge is 0.240 e. The van der Waals surface area contributed by atoms with Gasteiger partial charge in [-0.1, -0.05) is 48.6 Å². The summed E-state index contributed by atoms with van der Waals surface area (Å²) in [6, 6.07) is 9.67. The molecule has 0 aliphatic heterocycles. The number of allylic oxidation sites excluding steroid dienone is 3. The van der Waals surface area contributed by atoms with Crippen LogP contribution >= 0.6 is 0 Å². The molecule has 0 radical (unpaired) electrons. The predicted octanol–water partition coefficient (Wildman–Crippen LogP) is 3.49. The first-order valence-electron chi connectivity index (χ1n) is 8.94. The van der Waals surface area contributed by atoms with Crippen LogP contribution in [0, 0.1) is 5.92 Å². The lowest BCUT2D eigenvalue weighted by molar-refractivity contribution is -0.126. The Balaban J connectivity index is 1.74. The van der Waals surface area contributed by atoms with E-state index in [0.717, 1.165) is 35.3 Å². The Kier molecular flexibility index (Phi) is 7.33. The molecule has 2 rings (SSSR count). The molecule has 1 aliphatic rings. The maximum absolute atomic E-state index is 12.0. The number of hydrogen-bond acceptors (Lipinski definition) is 3. The second-order valence-corrected chi connectivity index (χ2v) is 6.73. The van der Waals surface area contributed by atoms with Crippen LogP contribution in [-0.2, 0) is 16.1 Å². The summed E-state index contributed by atoms with van der Waals surface area (Å²) in [5.41, 5.74) is 6.70. The minimum absolute atomic E-state index is 0.115. The van der Waals surface area contributed by atoms with Crippen molar-refractivity contribution in [1.82, 2.24) is 10.7 Å². The van der Waals surface area contributed by atoms with Gasteiger partial charge in [0.05, 0.1) is 5.71 Å². The molecule has 0 fully saturated rings. The molecule has 0 saturated carbocycles. The maximum atomic E-state index is 12.0. The molecule has 0 bridgehead atoms.